The number of methoxy groups -OCH3 is 2. The van der Waals surface area contributed by atoms with Crippen molar-refractivity contribution in [3.63, 3.8) is 0 Å². The first kappa shape index (κ1) is 22.9. The molecule has 0 aliphatic heterocycles. The summed E-state index contributed by atoms with van der Waals surface area (Å²) in [6.45, 7) is 5.79. The van der Waals surface area contributed by atoms with Gasteiger partial charge >= 0.3 is 0 Å². The number of benzene rings is 1. The van der Waals surface area contributed by atoms with Crippen LogP contribution in [0.2, 0.25) is 0 Å². The Balaban J connectivity index is 2.67. The number of aryl methyl sites for hydroxylation is 1. The molecule has 4 nitrogen and oxygen atoms in total. The standard InChI is InChI=1S/C23H34O4/c1-6-17(12-14-19(20(24)7-2)21(25)8-3)10-9-11-18-13-15-22(26-4)23(16-18)27-5/h10,13,15-16,19H,6-9,11-12,14H2,1-5H3/b17-10+. The molecule has 0 N–H and O–H groups in total. The summed E-state index contributed by atoms with van der Waals surface area (Å²) < 4.78 is 10.6. The number of hydrogen-bond acceptors (Lipinski definition) is 4. The average molecular weight is 375 g/mol. The van der Waals surface area contributed by atoms with E-state index in [2.05, 4.69) is 19.1 Å². The Hall–Kier alpha value is -2.10. The molecule has 0 saturated carbocycles. The third-order valence-electron chi connectivity index (χ3n) is 5.00. The second-order valence-corrected chi connectivity index (χ2v) is 6.67. The van der Waals surface area contributed by atoms with Crippen molar-refractivity contribution in [2.45, 2.75) is 65.7 Å². The van der Waals surface area contributed by atoms with Gasteiger partial charge in [0.15, 0.2) is 11.5 Å². The number of hydrogen-bond donors (Lipinski definition) is 0. The highest BCUT2D eigenvalue weighted by molar-refractivity contribution is 6.02. The highest BCUT2D eigenvalue weighted by atomic mass is 16.5. The molecule has 0 bridgehead atoms. The zero-order chi connectivity index (χ0) is 20.2. The Morgan fingerprint density at radius 3 is 2.11 bits per heavy atom. The summed E-state index contributed by atoms with van der Waals surface area (Å²) in [6.07, 6.45) is 7.34. The van der Waals surface area contributed by atoms with Crippen LogP contribution in [-0.2, 0) is 16.0 Å². The molecule has 0 fully saturated rings. The summed E-state index contributed by atoms with van der Waals surface area (Å²) >= 11 is 0. The molecule has 0 aliphatic carbocycles. The van der Waals surface area contributed by atoms with Gasteiger partial charge in [-0.05, 0) is 49.8 Å². The van der Waals surface area contributed by atoms with Gasteiger partial charge in [-0.3, -0.25) is 9.59 Å². The van der Waals surface area contributed by atoms with Crippen LogP contribution in [0, 0.1) is 5.92 Å². The topological polar surface area (TPSA) is 52.6 Å². The Morgan fingerprint density at radius 2 is 1.59 bits per heavy atom. The second kappa shape index (κ2) is 12.3. The van der Waals surface area contributed by atoms with E-state index in [4.69, 9.17) is 9.47 Å². The number of allylic oxidation sites excluding steroid dienone is 2. The lowest BCUT2D eigenvalue weighted by Crippen LogP contribution is -2.23. The van der Waals surface area contributed by atoms with Crippen LogP contribution < -0.4 is 9.47 Å². The molecule has 0 radical (unpaired) electrons. The Bertz CT molecular complexity index is 630. The summed E-state index contributed by atoms with van der Waals surface area (Å²) in [4.78, 5) is 24.1. The van der Waals surface area contributed by atoms with E-state index in [0.717, 1.165) is 37.2 Å². The normalized spacial score (nSPS) is 11.6. The van der Waals surface area contributed by atoms with Gasteiger partial charge < -0.3 is 9.47 Å². The maximum atomic E-state index is 12.1. The number of ether oxygens (including phenoxy) is 2. The van der Waals surface area contributed by atoms with Crippen LogP contribution in [0.25, 0.3) is 0 Å². The number of carbonyl (C=O) groups excluding carboxylic acids is 2. The largest absolute Gasteiger partial charge is 0.493 e. The lowest BCUT2D eigenvalue weighted by atomic mass is 9.88. The van der Waals surface area contributed by atoms with Gasteiger partial charge in [0.2, 0.25) is 0 Å². The van der Waals surface area contributed by atoms with Gasteiger partial charge in [-0.2, -0.15) is 0 Å². The van der Waals surface area contributed by atoms with E-state index in [9.17, 15) is 9.59 Å². The molecule has 1 rings (SSSR count). The van der Waals surface area contributed by atoms with E-state index in [-0.39, 0.29) is 11.6 Å². The van der Waals surface area contributed by atoms with Crippen molar-refractivity contribution in [1.29, 1.82) is 0 Å². The maximum Gasteiger partial charge on any atom is 0.160 e. The molecule has 150 valence electrons. The molecule has 1 aromatic carbocycles. The first-order valence-corrected chi connectivity index (χ1v) is 9.94. The number of ketones is 2. The SMILES string of the molecule is CCC(=O)C(CC/C(=C/CCc1ccc(OC)c(OC)c1)CC)C(=O)CC. The third-order valence-corrected chi connectivity index (χ3v) is 5.00. The van der Waals surface area contributed by atoms with Crippen molar-refractivity contribution in [3.05, 3.63) is 35.4 Å². The highest BCUT2D eigenvalue weighted by Gasteiger charge is 2.23. The number of carbonyl (C=O) groups is 2. The van der Waals surface area contributed by atoms with Crippen LogP contribution in [0.5, 0.6) is 11.5 Å². The minimum Gasteiger partial charge on any atom is -0.493 e. The summed E-state index contributed by atoms with van der Waals surface area (Å²) in [5, 5.41) is 0. The van der Waals surface area contributed by atoms with Crippen molar-refractivity contribution in [2.24, 2.45) is 5.92 Å². The minimum absolute atomic E-state index is 0.0719. The van der Waals surface area contributed by atoms with Gasteiger partial charge in [0.05, 0.1) is 20.1 Å². The van der Waals surface area contributed by atoms with E-state index >= 15 is 0 Å². The van der Waals surface area contributed by atoms with E-state index in [0.29, 0.717) is 19.3 Å². The minimum atomic E-state index is -0.430. The van der Waals surface area contributed by atoms with Gasteiger partial charge in [-0.1, -0.05) is 38.5 Å². The molecule has 0 spiro atoms. The van der Waals surface area contributed by atoms with Crippen LogP contribution in [0.3, 0.4) is 0 Å². The Morgan fingerprint density at radius 1 is 0.963 bits per heavy atom. The predicted molar refractivity (Wildman–Crippen MR) is 110 cm³/mol. The van der Waals surface area contributed by atoms with Gasteiger partial charge in [-0.15, -0.1) is 0 Å². The number of Topliss-reactive ketones (excluding diaryl/α,β-unsaturated/α-hetero) is 2. The maximum absolute atomic E-state index is 12.1. The van der Waals surface area contributed by atoms with Crippen LogP contribution >= 0.6 is 0 Å². The van der Waals surface area contributed by atoms with E-state index in [1.54, 1.807) is 14.2 Å². The molecule has 0 aromatic heterocycles. The summed E-state index contributed by atoms with van der Waals surface area (Å²) in [5.74, 6) is 1.19. The van der Waals surface area contributed by atoms with Crippen molar-refractivity contribution < 1.29 is 19.1 Å². The van der Waals surface area contributed by atoms with Crippen LogP contribution in [-0.4, -0.2) is 25.8 Å². The van der Waals surface area contributed by atoms with Crippen LogP contribution in [0.4, 0.5) is 0 Å². The molecule has 0 amide bonds. The van der Waals surface area contributed by atoms with Crippen molar-refractivity contribution in [2.75, 3.05) is 14.2 Å². The van der Waals surface area contributed by atoms with Crippen molar-refractivity contribution in [1.82, 2.24) is 0 Å². The molecule has 27 heavy (non-hydrogen) atoms. The average Bonchev–Trinajstić information content (AvgIpc) is 2.71. The molecular formula is C23H34O4. The van der Waals surface area contributed by atoms with Gasteiger partial charge in [0, 0.05) is 12.8 Å². The van der Waals surface area contributed by atoms with Gasteiger partial charge in [0.25, 0.3) is 0 Å². The fourth-order valence-corrected chi connectivity index (χ4v) is 3.23. The summed E-state index contributed by atoms with van der Waals surface area (Å²) in [5.41, 5.74) is 2.51. The lowest BCUT2D eigenvalue weighted by molar-refractivity contribution is -0.132. The molecule has 0 atom stereocenters. The van der Waals surface area contributed by atoms with Gasteiger partial charge in [-0.25, -0.2) is 0 Å². The highest BCUT2D eigenvalue weighted by Crippen LogP contribution is 2.28. The van der Waals surface area contributed by atoms with Crippen molar-refractivity contribution in [3.8, 4) is 11.5 Å². The molecule has 4 heteroatoms. The smallest absolute Gasteiger partial charge is 0.160 e. The monoisotopic (exact) mass is 374 g/mol. The number of rotatable bonds is 13. The first-order chi connectivity index (χ1) is 13.0. The summed E-state index contributed by atoms with van der Waals surface area (Å²) in [6, 6.07) is 5.99. The quantitative estimate of drug-likeness (QED) is 0.346. The molecule has 0 saturated heterocycles. The second-order valence-electron chi connectivity index (χ2n) is 6.67. The molecule has 0 heterocycles. The van der Waals surface area contributed by atoms with Gasteiger partial charge in [0.1, 0.15) is 11.6 Å². The molecule has 1 aromatic rings. The molecule has 0 unspecified atom stereocenters. The van der Waals surface area contributed by atoms with Crippen molar-refractivity contribution >= 4 is 11.6 Å². The zero-order valence-electron chi connectivity index (χ0n) is 17.5. The van der Waals surface area contributed by atoms with E-state index in [1.165, 1.54) is 11.1 Å². The predicted octanol–water partition coefficient (Wildman–Crippen LogP) is 5.33. The lowest BCUT2D eigenvalue weighted by Gasteiger charge is -2.14. The Labute approximate surface area is 163 Å². The van der Waals surface area contributed by atoms with E-state index < -0.39 is 5.92 Å². The first-order valence-electron chi connectivity index (χ1n) is 9.94. The summed E-state index contributed by atoms with van der Waals surface area (Å²) in [7, 11) is 3.27. The van der Waals surface area contributed by atoms with E-state index in [1.807, 2.05) is 26.0 Å². The van der Waals surface area contributed by atoms with Crippen LogP contribution in [0.15, 0.2) is 29.8 Å². The zero-order valence-corrected chi connectivity index (χ0v) is 17.5. The van der Waals surface area contributed by atoms with Crippen LogP contribution in [0.1, 0.15) is 64.9 Å². The Kier molecular flexibility index (Phi) is 10.5. The fraction of sp³-hybridized carbons (Fsp3) is 0.565. The molecular weight excluding hydrogens is 340 g/mol. The molecule has 0 aliphatic rings. The fourth-order valence-electron chi connectivity index (χ4n) is 3.23. The third kappa shape index (κ3) is 7.20.